The fourth-order valence-corrected chi connectivity index (χ4v) is 2.48. The average molecular weight is 221 g/mol. The molecule has 1 aliphatic heterocycles. The Hall–Kier alpha value is -0.170. The zero-order valence-corrected chi connectivity index (χ0v) is 9.63. The second kappa shape index (κ2) is 4.57. The molecular weight excluding hydrogens is 202 g/mol. The van der Waals surface area contributed by atoms with Crippen LogP contribution in [0.3, 0.4) is 0 Å². The van der Waals surface area contributed by atoms with E-state index in [0.29, 0.717) is 13.1 Å². The summed E-state index contributed by atoms with van der Waals surface area (Å²) < 4.78 is 23.9. The van der Waals surface area contributed by atoms with Gasteiger partial charge in [0.1, 0.15) is 0 Å². The van der Waals surface area contributed by atoms with Crippen LogP contribution in [0.2, 0.25) is 0 Å². The van der Waals surface area contributed by atoms with Crippen LogP contribution >= 0.6 is 0 Å². The molecule has 0 aromatic carbocycles. The van der Waals surface area contributed by atoms with Gasteiger partial charge in [0.2, 0.25) is 10.0 Å². The molecule has 5 nitrogen and oxygen atoms in total. The van der Waals surface area contributed by atoms with Gasteiger partial charge in [-0.2, -0.15) is 4.31 Å². The highest BCUT2D eigenvalue weighted by atomic mass is 32.2. The zero-order chi connectivity index (χ0) is 10.8. The Kier molecular flexibility index (Phi) is 3.88. The number of sulfonamides is 1. The molecule has 0 radical (unpaired) electrons. The van der Waals surface area contributed by atoms with Crippen LogP contribution in [0.25, 0.3) is 0 Å². The second-order valence-electron chi connectivity index (χ2n) is 3.94. The zero-order valence-electron chi connectivity index (χ0n) is 8.81. The molecule has 0 amide bonds. The van der Waals surface area contributed by atoms with Crippen molar-refractivity contribution in [1.82, 2.24) is 9.21 Å². The molecular formula is C8H19N3O2S. The maximum Gasteiger partial charge on any atom is 0.211 e. The second-order valence-corrected chi connectivity index (χ2v) is 5.92. The molecule has 0 aliphatic carbocycles. The topological polar surface area (TPSA) is 66.6 Å². The van der Waals surface area contributed by atoms with E-state index in [0.717, 1.165) is 19.6 Å². The largest absolute Gasteiger partial charge is 0.327 e. The highest BCUT2D eigenvalue weighted by molar-refractivity contribution is 7.88. The lowest BCUT2D eigenvalue weighted by atomic mass is 10.3. The minimum atomic E-state index is -3.00. The van der Waals surface area contributed by atoms with E-state index in [1.807, 2.05) is 6.92 Å². The van der Waals surface area contributed by atoms with E-state index in [4.69, 9.17) is 5.73 Å². The van der Waals surface area contributed by atoms with Gasteiger partial charge >= 0.3 is 0 Å². The minimum Gasteiger partial charge on any atom is -0.327 e. The summed E-state index contributed by atoms with van der Waals surface area (Å²) in [4.78, 5) is 2.20. The van der Waals surface area contributed by atoms with Crippen molar-refractivity contribution in [3.05, 3.63) is 0 Å². The van der Waals surface area contributed by atoms with Crippen molar-refractivity contribution in [3.63, 3.8) is 0 Å². The Bertz CT molecular complexity index is 268. The van der Waals surface area contributed by atoms with Gasteiger partial charge in [-0.05, 0) is 6.92 Å². The number of piperazine rings is 1. The van der Waals surface area contributed by atoms with Crippen LogP contribution in [-0.4, -0.2) is 62.6 Å². The fraction of sp³-hybridized carbons (Fsp3) is 1.00. The summed E-state index contributed by atoms with van der Waals surface area (Å²) in [6.07, 6.45) is 1.26. The van der Waals surface area contributed by atoms with Crippen molar-refractivity contribution in [2.24, 2.45) is 5.73 Å². The summed E-state index contributed by atoms with van der Waals surface area (Å²) in [7, 11) is -3.00. The summed E-state index contributed by atoms with van der Waals surface area (Å²) in [6.45, 7) is 5.56. The molecule has 1 saturated heterocycles. The third-order valence-electron chi connectivity index (χ3n) is 2.35. The predicted octanol–water partition coefficient (Wildman–Crippen LogP) is -1.09. The first-order valence-corrected chi connectivity index (χ1v) is 6.67. The van der Waals surface area contributed by atoms with E-state index in [2.05, 4.69) is 4.90 Å². The molecule has 1 aliphatic rings. The van der Waals surface area contributed by atoms with Crippen molar-refractivity contribution in [3.8, 4) is 0 Å². The maximum absolute atomic E-state index is 11.2. The molecule has 0 aromatic heterocycles. The predicted molar refractivity (Wildman–Crippen MR) is 56.5 cm³/mol. The smallest absolute Gasteiger partial charge is 0.211 e. The lowest BCUT2D eigenvalue weighted by Crippen LogP contribution is -2.50. The third kappa shape index (κ3) is 3.53. The van der Waals surface area contributed by atoms with E-state index in [1.165, 1.54) is 10.6 Å². The molecule has 84 valence electrons. The molecule has 1 fully saturated rings. The number of nitrogens with two attached hydrogens (primary N) is 1. The first-order valence-electron chi connectivity index (χ1n) is 4.82. The van der Waals surface area contributed by atoms with Gasteiger partial charge < -0.3 is 5.73 Å². The molecule has 0 aromatic rings. The average Bonchev–Trinajstić information content (AvgIpc) is 2.02. The molecule has 0 saturated carbocycles. The summed E-state index contributed by atoms with van der Waals surface area (Å²) in [6, 6.07) is 0.153. The van der Waals surface area contributed by atoms with Crippen molar-refractivity contribution >= 4 is 10.0 Å². The molecule has 1 heterocycles. The van der Waals surface area contributed by atoms with Gasteiger partial charge in [-0.15, -0.1) is 0 Å². The van der Waals surface area contributed by atoms with Gasteiger partial charge in [-0.1, -0.05) is 0 Å². The fourth-order valence-electron chi connectivity index (χ4n) is 1.65. The van der Waals surface area contributed by atoms with Crippen LogP contribution in [0.15, 0.2) is 0 Å². The number of rotatable bonds is 3. The molecule has 14 heavy (non-hydrogen) atoms. The highest BCUT2D eigenvalue weighted by Gasteiger charge is 2.23. The summed E-state index contributed by atoms with van der Waals surface area (Å²) in [5, 5.41) is 0. The molecule has 2 N–H and O–H groups in total. The number of hydrogen-bond acceptors (Lipinski definition) is 4. The van der Waals surface area contributed by atoms with Crippen LogP contribution in [0, 0.1) is 0 Å². The summed E-state index contributed by atoms with van der Waals surface area (Å²) >= 11 is 0. The van der Waals surface area contributed by atoms with Gasteiger partial charge in [-0.3, -0.25) is 4.90 Å². The van der Waals surface area contributed by atoms with Crippen molar-refractivity contribution in [2.75, 3.05) is 39.0 Å². The van der Waals surface area contributed by atoms with Gasteiger partial charge in [-0.25, -0.2) is 8.42 Å². The van der Waals surface area contributed by atoms with E-state index < -0.39 is 10.0 Å². The van der Waals surface area contributed by atoms with Crippen LogP contribution < -0.4 is 5.73 Å². The van der Waals surface area contributed by atoms with E-state index in [1.54, 1.807) is 0 Å². The first kappa shape index (κ1) is 11.9. The molecule has 1 rings (SSSR count). The Labute approximate surface area is 85.9 Å². The maximum atomic E-state index is 11.2. The molecule has 1 atom stereocenters. The van der Waals surface area contributed by atoms with Crippen LogP contribution in [0.1, 0.15) is 6.92 Å². The summed E-state index contributed by atoms with van der Waals surface area (Å²) in [5.74, 6) is 0. The van der Waals surface area contributed by atoms with Crippen LogP contribution in [0.4, 0.5) is 0 Å². The molecule has 6 heteroatoms. The van der Waals surface area contributed by atoms with Crippen LogP contribution in [0.5, 0.6) is 0 Å². The molecule has 0 bridgehead atoms. The van der Waals surface area contributed by atoms with Gasteiger partial charge in [0.25, 0.3) is 0 Å². The quantitative estimate of drug-likeness (QED) is 0.658. The van der Waals surface area contributed by atoms with Gasteiger partial charge in [0.15, 0.2) is 0 Å². The third-order valence-corrected chi connectivity index (χ3v) is 3.65. The Balaban J connectivity index is 2.39. The number of hydrogen-bond donors (Lipinski definition) is 1. The van der Waals surface area contributed by atoms with E-state index in [9.17, 15) is 8.42 Å². The SMILES string of the molecule is C[C@H](N)CN1CCN(S(C)(=O)=O)CC1. The summed E-state index contributed by atoms with van der Waals surface area (Å²) in [5.41, 5.74) is 5.67. The van der Waals surface area contributed by atoms with E-state index >= 15 is 0 Å². The lowest BCUT2D eigenvalue weighted by molar-refractivity contribution is 0.182. The normalized spacial score (nSPS) is 23.6. The van der Waals surface area contributed by atoms with Crippen molar-refractivity contribution < 1.29 is 8.42 Å². The van der Waals surface area contributed by atoms with E-state index in [-0.39, 0.29) is 6.04 Å². The molecule has 0 unspecified atom stereocenters. The van der Waals surface area contributed by atoms with Crippen molar-refractivity contribution in [2.45, 2.75) is 13.0 Å². The Morgan fingerprint density at radius 2 is 1.79 bits per heavy atom. The number of nitrogens with zero attached hydrogens (tertiary/aromatic N) is 2. The standard InChI is InChI=1S/C8H19N3O2S/c1-8(9)7-10-3-5-11(6-4-10)14(2,12)13/h8H,3-7,9H2,1-2H3/t8-/m0/s1. The Morgan fingerprint density at radius 1 is 1.29 bits per heavy atom. The van der Waals surface area contributed by atoms with Gasteiger partial charge in [0.05, 0.1) is 6.26 Å². The highest BCUT2D eigenvalue weighted by Crippen LogP contribution is 2.05. The van der Waals surface area contributed by atoms with Crippen molar-refractivity contribution in [1.29, 1.82) is 0 Å². The van der Waals surface area contributed by atoms with Gasteiger partial charge in [0, 0.05) is 38.8 Å². The monoisotopic (exact) mass is 221 g/mol. The minimum absolute atomic E-state index is 0.153. The van der Waals surface area contributed by atoms with Crippen LogP contribution in [-0.2, 0) is 10.0 Å². The Morgan fingerprint density at radius 3 is 2.14 bits per heavy atom. The first-order chi connectivity index (χ1) is 6.39. The molecule has 0 spiro atoms. The lowest BCUT2D eigenvalue weighted by Gasteiger charge is -2.33.